The number of rotatable bonds is 11. The number of H-pyrrole nitrogens is 1. The topological polar surface area (TPSA) is 111 Å². The Bertz CT molecular complexity index is 1500. The van der Waals surface area contributed by atoms with Gasteiger partial charge in [-0.1, -0.05) is 30.3 Å². The molecule has 5 aromatic rings. The third-order valence-corrected chi connectivity index (χ3v) is 6.22. The summed E-state index contributed by atoms with van der Waals surface area (Å²) >= 11 is 0. The first-order valence-electron chi connectivity index (χ1n) is 11.9. The van der Waals surface area contributed by atoms with Crippen molar-refractivity contribution in [2.75, 3.05) is 20.8 Å². The first-order valence-corrected chi connectivity index (χ1v) is 11.9. The van der Waals surface area contributed by atoms with Gasteiger partial charge in [-0.15, -0.1) is 5.10 Å². The van der Waals surface area contributed by atoms with Crippen LogP contribution in [0.2, 0.25) is 0 Å². The van der Waals surface area contributed by atoms with E-state index in [1.54, 1.807) is 25.2 Å². The quantitative estimate of drug-likeness (QED) is 0.293. The SMILES string of the molecule is COCCn1nnnc1C(c1cc2ccc(OC)cc2[nH]c1=O)N(Cc1ccccc1)Cc1ccco1. The van der Waals surface area contributed by atoms with E-state index in [9.17, 15) is 4.79 Å². The van der Waals surface area contributed by atoms with Crippen molar-refractivity contribution in [3.8, 4) is 5.75 Å². The maximum atomic E-state index is 13.6. The molecule has 0 bridgehead atoms. The van der Waals surface area contributed by atoms with Crippen LogP contribution in [-0.4, -0.2) is 50.9 Å². The minimum absolute atomic E-state index is 0.232. The van der Waals surface area contributed by atoms with Crippen LogP contribution in [-0.2, 0) is 24.4 Å². The van der Waals surface area contributed by atoms with Crippen molar-refractivity contribution in [2.24, 2.45) is 0 Å². The number of hydrogen-bond acceptors (Lipinski definition) is 8. The maximum Gasteiger partial charge on any atom is 0.253 e. The second kappa shape index (κ2) is 11.2. The summed E-state index contributed by atoms with van der Waals surface area (Å²) in [5, 5.41) is 13.4. The maximum absolute atomic E-state index is 13.6. The minimum atomic E-state index is -0.576. The summed E-state index contributed by atoms with van der Waals surface area (Å²) in [5.41, 5.74) is 2.06. The molecule has 0 saturated carbocycles. The number of fused-ring (bicyclic) bond motifs is 1. The molecule has 0 fully saturated rings. The van der Waals surface area contributed by atoms with Crippen molar-refractivity contribution in [3.63, 3.8) is 0 Å². The van der Waals surface area contributed by atoms with Gasteiger partial charge in [-0.05, 0) is 51.7 Å². The second-order valence-electron chi connectivity index (χ2n) is 8.63. The van der Waals surface area contributed by atoms with Crippen LogP contribution in [0.5, 0.6) is 5.75 Å². The molecule has 0 radical (unpaired) electrons. The highest BCUT2D eigenvalue weighted by molar-refractivity contribution is 5.80. The average molecular weight is 501 g/mol. The van der Waals surface area contributed by atoms with Crippen molar-refractivity contribution in [3.05, 3.63) is 106 Å². The molecule has 0 aliphatic carbocycles. The molecule has 0 spiro atoms. The molecule has 0 aliphatic heterocycles. The first-order chi connectivity index (χ1) is 18.2. The third kappa shape index (κ3) is 5.45. The molecule has 1 N–H and O–H groups in total. The molecular formula is C27H28N6O4. The fraction of sp³-hybridized carbons (Fsp3) is 0.259. The molecule has 1 atom stereocenters. The number of nitrogens with zero attached hydrogens (tertiary/aromatic N) is 5. The molecule has 3 aromatic heterocycles. The molecule has 2 aromatic carbocycles. The number of aromatic nitrogens is 5. The van der Waals surface area contributed by atoms with Gasteiger partial charge in [-0.3, -0.25) is 9.69 Å². The van der Waals surface area contributed by atoms with Crippen LogP contribution in [0, 0.1) is 0 Å². The van der Waals surface area contributed by atoms with Crippen molar-refractivity contribution < 1.29 is 13.9 Å². The van der Waals surface area contributed by atoms with Crippen molar-refractivity contribution in [1.29, 1.82) is 0 Å². The normalized spacial score (nSPS) is 12.3. The number of hydrogen-bond donors (Lipinski definition) is 1. The summed E-state index contributed by atoms with van der Waals surface area (Å²) in [4.78, 5) is 18.8. The fourth-order valence-electron chi connectivity index (χ4n) is 4.43. The van der Waals surface area contributed by atoms with Gasteiger partial charge in [-0.25, -0.2) is 4.68 Å². The highest BCUT2D eigenvalue weighted by Gasteiger charge is 2.31. The molecule has 5 rings (SSSR count). The molecule has 0 amide bonds. The lowest BCUT2D eigenvalue weighted by Crippen LogP contribution is -2.35. The van der Waals surface area contributed by atoms with Crippen LogP contribution in [0.25, 0.3) is 10.9 Å². The van der Waals surface area contributed by atoms with Crippen LogP contribution >= 0.6 is 0 Å². The number of benzene rings is 2. The van der Waals surface area contributed by atoms with Crippen LogP contribution in [0.1, 0.15) is 28.8 Å². The monoisotopic (exact) mass is 500 g/mol. The van der Waals surface area contributed by atoms with Gasteiger partial charge < -0.3 is 18.9 Å². The summed E-state index contributed by atoms with van der Waals surface area (Å²) in [6.45, 7) is 1.83. The predicted octanol–water partition coefficient (Wildman–Crippen LogP) is 3.55. The first kappa shape index (κ1) is 24.4. The van der Waals surface area contributed by atoms with E-state index in [1.165, 1.54) is 0 Å². The Kier molecular flexibility index (Phi) is 7.38. The number of furan rings is 1. The second-order valence-corrected chi connectivity index (χ2v) is 8.63. The molecule has 0 aliphatic rings. The number of ether oxygens (including phenoxy) is 2. The van der Waals surface area contributed by atoms with Crippen LogP contribution in [0.15, 0.2) is 82.2 Å². The highest BCUT2D eigenvalue weighted by Crippen LogP contribution is 2.30. The van der Waals surface area contributed by atoms with E-state index in [0.29, 0.717) is 48.9 Å². The average Bonchev–Trinajstić information content (AvgIpc) is 3.60. The Hall–Kier alpha value is -4.28. The summed E-state index contributed by atoms with van der Waals surface area (Å²) in [5.74, 6) is 1.97. The Morgan fingerprint density at radius 1 is 1.05 bits per heavy atom. The van der Waals surface area contributed by atoms with E-state index in [1.807, 2.05) is 54.6 Å². The lowest BCUT2D eigenvalue weighted by molar-refractivity contribution is 0.163. The molecule has 0 saturated heterocycles. The van der Waals surface area contributed by atoms with Gasteiger partial charge in [0.1, 0.15) is 17.6 Å². The molecule has 3 heterocycles. The number of nitrogens with one attached hydrogen (secondary N) is 1. The molecule has 10 nitrogen and oxygen atoms in total. The number of pyridine rings is 1. The zero-order chi connectivity index (χ0) is 25.6. The summed E-state index contributed by atoms with van der Waals surface area (Å²) in [7, 11) is 3.22. The summed E-state index contributed by atoms with van der Waals surface area (Å²) in [6, 6.07) is 20.8. The Balaban J connectivity index is 1.67. The van der Waals surface area contributed by atoms with E-state index in [0.717, 1.165) is 16.7 Å². The van der Waals surface area contributed by atoms with Gasteiger partial charge in [0, 0.05) is 25.3 Å². The lowest BCUT2D eigenvalue weighted by atomic mass is 10.0. The molecular weight excluding hydrogens is 472 g/mol. The van der Waals surface area contributed by atoms with E-state index in [4.69, 9.17) is 13.9 Å². The lowest BCUT2D eigenvalue weighted by Gasteiger charge is -2.30. The number of methoxy groups -OCH3 is 2. The van der Waals surface area contributed by atoms with E-state index in [-0.39, 0.29) is 5.56 Å². The Labute approximate surface area is 213 Å². The number of aromatic amines is 1. The van der Waals surface area contributed by atoms with Gasteiger partial charge in [0.15, 0.2) is 5.82 Å². The molecule has 10 heteroatoms. The van der Waals surface area contributed by atoms with Crippen molar-refractivity contribution >= 4 is 10.9 Å². The Morgan fingerprint density at radius 3 is 2.68 bits per heavy atom. The zero-order valence-corrected chi connectivity index (χ0v) is 20.7. The molecule has 37 heavy (non-hydrogen) atoms. The standard InChI is InChI=1S/C27H28N6O4/c1-35-14-12-33-26(29-30-31-33)25(23-15-20-10-11-21(36-2)16-24(20)28-27(23)34)32(18-22-9-6-13-37-22)17-19-7-4-3-5-8-19/h3-11,13,15-16,25H,12,14,17-18H2,1-2H3,(H,28,34). The number of tetrazole rings is 1. The van der Waals surface area contributed by atoms with Gasteiger partial charge >= 0.3 is 0 Å². The zero-order valence-electron chi connectivity index (χ0n) is 20.7. The molecule has 190 valence electrons. The van der Waals surface area contributed by atoms with Crippen LogP contribution in [0.3, 0.4) is 0 Å². The van der Waals surface area contributed by atoms with Gasteiger partial charge in [0.05, 0.1) is 38.6 Å². The van der Waals surface area contributed by atoms with Crippen molar-refractivity contribution in [1.82, 2.24) is 30.1 Å². The Morgan fingerprint density at radius 2 is 1.92 bits per heavy atom. The van der Waals surface area contributed by atoms with Gasteiger partial charge in [0.25, 0.3) is 5.56 Å². The summed E-state index contributed by atoms with van der Waals surface area (Å²) < 4.78 is 18.0. The minimum Gasteiger partial charge on any atom is -0.497 e. The smallest absolute Gasteiger partial charge is 0.253 e. The largest absolute Gasteiger partial charge is 0.497 e. The van der Waals surface area contributed by atoms with Crippen LogP contribution < -0.4 is 10.3 Å². The predicted molar refractivity (Wildman–Crippen MR) is 137 cm³/mol. The van der Waals surface area contributed by atoms with E-state index < -0.39 is 6.04 Å². The van der Waals surface area contributed by atoms with E-state index >= 15 is 0 Å². The fourth-order valence-corrected chi connectivity index (χ4v) is 4.43. The van der Waals surface area contributed by atoms with E-state index in [2.05, 4.69) is 37.5 Å². The van der Waals surface area contributed by atoms with Gasteiger partial charge in [-0.2, -0.15) is 0 Å². The summed E-state index contributed by atoms with van der Waals surface area (Å²) in [6.07, 6.45) is 1.64. The van der Waals surface area contributed by atoms with Crippen LogP contribution in [0.4, 0.5) is 0 Å². The van der Waals surface area contributed by atoms with Gasteiger partial charge in [0.2, 0.25) is 0 Å². The van der Waals surface area contributed by atoms with Crippen molar-refractivity contribution in [2.45, 2.75) is 25.7 Å². The highest BCUT2D eigenvalue weighted by atomic mass is 16.5. The third-order valence-electron chi connectivity index (χ3n) is 6.22. The molecule has 1 unspecified atom stereocenters.